The number of carboxylic acids is 1. The molecule has 1 fully saturated rings. The number of rotatable bonds is 4. The van der Waals surface area contributed by atoms with Gasteiger partial charge in [0.25, 0.3) is 4.70 Å². The molecule has 10 nitrogen and oxygen atoms in total. The third-order valence-electron chi connectivity index (χ3n) is 2.70. The maximum absolute atomic E-state index is 11.3. The SMILES string of the molecule is CC(=O)O[C@H]1[C@H](OC(C)=O)[C@@H](OC(C)=O)[C@@](O)(Br)O[C@@H]1C(=O)O. The van der Waals surface area contributed by atoms with Crippen LogP contribution in [0, 0.1) is 0 Å². The largest absolute Gasteiger partial charge is 0.479 e. The van der Waals surface area contributed by atoms with Crippen molar-refractivity contribution < 1.29 is 48.3 Å². The van der Waals surface area contributed by atoms with Crippen molar-refractivity contribution in [3.8, 4) is 0 Å². The maximum Gasteiger partial charge on any atom is 0.337 e. The molecule has 11 heteroatoms. The first-order valence-corrected chi connectivity index (χ1v) is 7.08. The minimum atomic E-state index is -2.47. The molecule has 0 aromatic heterocycles. The fraction of sp³-hybridized carbons (Fsp3) is 0.667. The molecule has 5 atom stereocenters. The number of aliphatic hydroxyl groups is 1. The van der Waals surface area contributed by atoms with E-state index in [2.05, 4.69) is 15.9 Å². The van der Waals surface area contributed by atoms with Gasteiger partial charge in [-0.15, -0.1) is 0 Å². The molecule has 1 saturated heterocycles. The average Bonchev–Trinajstić information content (AvgIpc) is 2.35. The Morgan fingerprint density at radius 2 is 1.39 bits per heavy atom. The molecule has 0 aliphatic carbocycles. The molecule has 0 spiro atoms. The van der Waals surface area contributed by atoms with Crippen LogP contribution in [0.3, 0.4) is 0 Å². The van der Waals surface area contributed by atoms with Gasteiger partial charge in [-0.05, 0) is 15.9 Å². The standard InChI is InChI=1S/C12H15BrO10/c1-4(14)20-7-8(21-5(2)15)10(22-6(3)16)12(13,19)23-9(7)11(17)18/h7-10,19H,1-3H3,(H,17,18)/t7-,8-,9-,10+,12-/m0/s1. The van der Waals surface area contributed by atoms with Gasteiger partial charge in [-0.3, -0.25) is 14.4 Å². The first-order valence-electron chi connectivity index (χ1n) is 6.29. The number of esters is 3. The summed E-state index contributed by atoms with van der Waals surface area (Å²) in [7, 11) is 0. The van der Waals surface area contributed by atoms with Crippen molar-refractivity contribution >= 4 is 39.8 Å². The Morgan fingerprint density at radius 1 is 0.957 bits per heavy atom. The van der Waals surface area contributed by atoms with Gasteiger partial charge < -0.3 is 29.2 Å². The van der Waals surface area contributed by atoms with Gasteiger partial charge >= 0.3 is 23.9 Å². The fourth-order valence-electron chi connectivity index (χ4n) is 2.01. The van der Waals surface area contributed by atoms with Crippen molar-refractivity contribution in [3.63, 3.8) is 0 Å². The van der Waals surface area contributed by atoms with Crippen molar-refractivity contribution in [1.82, 2.24) is 0 Å². The number of alkyl halides is 1. The highest BCUT2D eigenvalue weighted by Gasteiger charge is 2.60. The normalized spacial score (nSPS) is 33.4. The molecular weight excluding hydrogens is 384 g/mol. The molecule has 130 valence electrons. The molecule has 1 aliphatic heterocycles. The number of hydrogen-bond acceptors (Lipinski definition) is 9. The van der Waals surface area contributed by atoms with Crippen LogP contribution in [0.25, 0.3) is 0 Å². The molecule has 1 rings (SSSR count). The monoisotopic (exact) mass is 398 g/mol. The van der Waals surface area contributed by atoms with E-state index in [0.29, 0.717) is 0 Å². The number of carbonyl (C=O) groups is 4. The van der Waals surface area contributed by atoms with Gasteiger partial charge in [-0.2, -0.15) is 0 Å². The van der Waals surface area contributed by atoms with E-state index in [1.165, 1.54) is 0 Å². The molecule has 0 amide bonds. The van der Waals surface area contributed by atoms with Gasteiger partial charge in [0.1, 0.15) is 0 Å². The zero-order valence-electron chi connectivity index (χ0n) is 12.3. The molecule has 0 aromatic carbocycles. The van der Waals surface area contributed by atoms with E-state index >= 15 is 0 Å². The highest BCUT2D eigenvalue weighted by atomic mass is 79.9. The predicted molar refractivity (Wildman–Crippen MR) is 73.0 cm³/mol. The number of carbonyl (C=O) groups excluding carboxylic acids is 3. The van der Waals surface area contributed by atoms with Crippen molar-refractivity contribution in [2.75, 3.05) is 0 Å². The quantitative estimate of drug-likeness (QED) is 0.354. The third-order valence-corrected chi connectivity index (χ3v) is 3.34. The van der Waals surface area contributed by atoms with E-state index < -0.39 is 53.0 Å². The van der Waals surface area contributed by atoms with Gasteiger partial charge in [0, 0.05) is 20.8 Å². The summed E-state index contributed by atoms with van der Waals surface area (Å²) < 4.78 is 17.0. The fourth-order valence-corrected chi connectivity index (χ4v) is 2.57. The number of halogens is 1. The summed E-state index contributed by atoms with van der Waals surface area (Å²) in [5, 5.41) is 19.3. The van der Waals surface area contributed by atoms with Crippen LogP contribution in [0.4, 0.5) is 0 Å². The summed E-state index contributed by atoms with van der Waals surface area (Å²) in [6.45, 7) is 3.02. The molecule has 23 heavy (non-hydrogen) atoms. The lowest BCUT2D eigenvalue weighted by atomic mass is 9.98. The van der Waals surface area contributed by atoms with Gasteiger partial charge in [0.05, 0.1) is 0 Å². The summed E-state index contributed by atoms with van der Waals surface area (Å²) in [6.07, 6.45) is -6.81. The first-order chi connectivity index (χ1) is 10.5. The zero-order chi connectivity index (χ0) is 17.9. The number of aliphatic carboxylic acids is 1. The summed E-state index contributed by atoms with van der Waals surface area (Å²) in [5.74, 6) is -4.22. The van der Waals surface area contributed by atoms with E-state index in [-0.39, 0.29) is 0 Å². The van der Waals surface area contributed by atoms with E-state index in [9.17, 15) is 29.4 Å². The Hall–Kier alpha value is -1.72. The lowest BCUT2D eigenvalue weighted by Crippen LogP contribution is -2.66. The second kappa shape index (κ2) is 7.23. The van der Waals surface area contributed by atoms with Crippen molar-refractivity contribution in [2.24, 2.45) is 0 Å². The maximum atomic E-state index is 11.3. The number of hydrogen-bond donors (Lipinski definition) is 2. The summed E-state index contributed by atoms with van der Waals surface area (Å²) >= 11 is 2.68. The van der Waals surface area contributed by atoms with Crippen LogP contribution >= 0.6 is 15.9 Å². The van der Waals surface area contributed by atoms with Crippen molar-refractivity contribution in [1.29, 1.82) is 0 Å². The van der Waals surface area contributed by atoms with Crippen molar-refractivity contribution in [3.05, 3.63) is 0 Å². The van der Waals surface area contributed by atoms with Crippen LogP contribution in [0.5, 0.6) is 0 Å². The first kappa shape index (κ1) is 19.3. The Labute approximate surface area is 138 Å². The molecule has 0 saturated carbocycles. The summed E-state index contributed by atoms with van der Waals surface area (Å²) in [6, 6.07) is 0. The smallest absolute Gasteiger partial charge is 0.337 e. The Balaban J connectivity index is 3.32. The molecular formula is C12H15BrO10. The molecule has 1 aliphatic rings. The molecule has 0 aromatic rings. The van der Waals surface area contributed by atoms with Crippen molar-refractivity contribution in [2.45, 2.75) is 49.9 Å². The lowest BCUT2D eigenvalue weighted by molar-refractivity contribution is -0.301. The van der Waals surface area contributed by atoms with Gasteiger partial charge in [-0.25, -0.2) is 4.79 Å². The van der Waals surface area contributed by atoms with Gasteiger partial charge in [-0.1, -0.05) is 0 Å². The highest BCUT2D eigenvalue weighted by molar-refractivity contribution is 9.10. The van der Waals surface area contributed by atoms with E-state index in [4.69, 9.17) is 18.9 Å². The number of carboxylic acid groups (broad SMARTS) is 1. The van der Waals surface area contributed by atoms with Crippen LogP contribution in [-0.2, 0) is 38.1 Å². The van der Waals surface area contributed by atoms with Gasteiger partial charge in [0.2, 0.25) is 6.10 Å². The second-order valence-electron chi connectivity index (χ2n) is 4.66. The molecule has 0 unspecified atom stereocenters. The van der Waals surface area contributed by atoms with Crippen LogP contribution in [-0.4, -0.2) is 63.2 Å². The molecule has 1 heterocycles. The summed E-state index contributed by atoms with van der Waals surface area (Å²) in [4.78, 5) is 45.0. The molecule has 0 bridgehead atoms. The van der Waals surface area contributed by atoms with Crippen LogP contribution in [0.2, 0.25) is 0 Å². The Kier molecular flexibility index (Phi) is 6.08. The predicted octanol–water partition coefficient (Wildman–Crippen LogP) is -0.694. The highest BCUT2D eigenvalue weighted by Crippen LogP contribution is 2.37. The third kappa shape index (κ3) is 4.88. The van der Waals surface area contributed by atoms with Gasteiger partial charge in [0.15, 0.2) is 18.3 Å². The lowest BCUT2D eigenvalue weighted by Gasteiger charge is -2.44. The topological polar surface area (TPSA) is 146 Å². The Morgan fingerprint density at radius 3 is 1.78 bits per heavy atom. The summed E-state index contributed by atoms with van der Waals surface area (Å²) in [5.41, 5.74) is 0. The average molecular weight is 399 g/mol. The molecule has 0 radical (unpaired) electrons. The van der Waals surface area contributed by atoms with Crippen LogP contribution in [0.1, 0.15) is 20.8 Å². The van der Waals surface area contributed by atoms with E-state index in [0.717, 1.165) is 20.8 Å². The van der Waals surface area contributed by atoms with E-state index in [1.807, 2.05) is 0 Å². The van der Waals surface area contributed by atoms with Crippen LogP contribution in [0.15, 0.2) is 0 Å². The Bertz CT molecular complexity index is 516. The zero-order valence-corrected chi connectivity index (χ0v) is 13.9. The second-order valence-corrected chi connectivity index (χ2v) is 5.80. The minimum absolute atomic E-state index is 0.871. The number of ether oxygens (including phenoxy) is 4. The minimum Gasteiger partial charge on any atom is -0.479 e. The van der Waals surface area contributed by atoms with Crippen LogP contribution < -0.4 is 0 Å². The van der Waals surface area contributed by atoms with E-state index in [1.54, 1.807) is 0 Å². The molecule has 2 N–H and O–H groups in total.